The molecule has 0 N–H and O–H groups in total. The molecule has 3 nitrogen and oxygen atoms in total. The summed E-state index contributed by atoms with van der Waals surface area (Å²) in [5, 5.41) is 0.865. The Kier molecular flexibility index (Phi) is 5.42. The molecular weight excluding hydrogens is 350 g/mol. The lowest BCUT2D eigenvalue weighted by Gasteiger charge is -2.23. The van der Waals surface area contributed by atoms with Crippen molar-refractivity contribution in [1.29, 1.82) is 0 Å². The van der Waals surface area contributed by atoms with E-state index in [9.17, 15) is 8.42 Å². The van der Waals surface area contributed by atoms with E-state index in [0.717, 1.165) is 17.3 Å². The van der Waals surface area contributed by atoms with E-state index in [1.165, 1.54) is 4.31 Å². The van der Waals surface area contributed by atoms with Crippen molar-refractivity contribution in [2.24, 2.45) is 0 Å². The van der Waals surface area contributed by atoms with E-state index in [4.69, 9.17) is 0 Å². The SMILES string of the molecule is CCN(c1ccccc1)S(=O)(=O)c1ccc(CCBr)cc1. The number of sulfonamides is 1. The smallest absolute Gasteiger partial charge is 0.264 e. The van der Waals surface area contributed by atoms with Gasteiger partial charge in [0.2, 0.25) is 0 Å². The van der Waals surface area contributed by atoms with Crippen LogP contribution >= 0.6 is 15.9 Å². The predicted octanol–water partition coefficient (Wildman–Crippen LogP) is 3.84. The minimum Gasteiger partial charge on any atom is -0.267 e. The fourth-order valence-electron chi connectivity index (χ4n) is 2.15. The topological polar surface area (TPSA) is 37.4 Å². The molecule has 0 aliphatic rings. The zero-order chi connectivity index (χ0) is 15.3. The summed E-state index contributed by atoms with van der Waals surface area (Å²) >= 11 is 3.38. The molecule has 0 spiro atoms. The Bertz CT molecular complexity index is 669. The molecule has 0 saturated carbocycles. The first-order valence-electron chi connectivity index (χ1n) is 6.82. The molecule has 0 bridgehead atoms. The highest BCUT2D eigenvalue weighted by Gasteiger charge is 2.23. The van der Waals surface area contributed by atoms with Gasteiger partial charge in [0, 0.05) is 11.9 Å². The van der Waals surface area contributed by atoms with Gasteiger partial charge in [-0.1, -0.05) is 46.3 Å². The van der Waals surface area contributed by atoms with Crippen molar-refractivity contribution in [3.05, 3.63) is 60.2 Å². The van der Waals surface area contributed by atoms with Crippen molar-refractivity contribution in [1.82, 2.24) is 0 Å². The third kappa shape index (κ3) is 3.66. The molecule has 112 valence electrons. The first-order chi connectivity index (χ1) is 10.1. The van der Waals surface area contributed by atoms with Crippen molar-refractivity contribution in [2.45, 2.75) is 18.2 Å². The lowest BCUT2D eigenvalue weighted by molar-refractivity contribution is 0.592. The molecule has 0 aliphatic carbocycles. The summed E-state index contributed by atoms with van der Waals surface area (Å²) < 4.78 is 26.9. The van der Waals surface area contributed by atoms with E-state index in [1.807, 2.05) is 37.3 Å². The number of hydrogen-bond donors (Lipinski definition) is 0. The van der Waals surface area contributed by atoms with Gasteiger partial charge in [0.25, 0.3) is 10.0 Å². The lowest BCUT2D eigenvalue weighted by atomic mass is 10.2. The van der Waals surface area contributed by atoms with E-state index in [0.29, 0.717) is 17.1 Å². The van der Waals surface area contributed by atoms with Gasteiger partial charge in [-0.15, -0.1) is 0 Å². The number of para-hydroxylation sites is 1. The average Bonchev–Trinajstić information content (AvgIpc) is 2.50. The van der Waals surface area contributed by atoms with Crippen LogP contribution in [0.2, 0.25) is 0 Å². The van der Waals surface area contributed by atoms with E-state index in [1.54, 1.807) is 24.3 Å². The largest absolute Gasteiger partial charge is 0.267 e. The average molecular weight is 368 g/mol. The van der Waals surface area contributed by atoms with Crippen LogP contribution in [0.1, 0.15) is 12.5 Å². The summed E-state index contributed by atoms with van der Waals surface area (Å²) in [4.78, 5) is 0.325. The van der Waals surface area contributed by atoms with Crippen LogP contribution in [0.25, 0.3) is 0 Å². The van der Waals surface area contributed by atoms with Gasteiger partial charge in [-0.2, -0.15) is 0 Å². The number of rotatable bonds is 6. The van der Waals surface area contributed by atoms with Crippen LogP contribution in [-0.4, -0.2) is 20.3 Å². The summed E-state index contributed by atoms with van der Waals surface area (Å²) in [5.41, 5.74) is 1.80. The number of anilines is 1. The highest BCUT2D eigenvalue weighted by atomic mass is 79.9. The number of alkyl halides is 1. The zero-order valence-corrected chi connectivity index (χ0v) is 14.3. The molecule has 0 saturated heterocycles. The van der Waals surface area contributed by atoms with Crippen LogP contribution in [0.5, 0.6) is 0 Å². The molecule has 5 heteroatoms. The zero-order valence-electron chi connectivity index (χ0n) is 11.9. The lowest BCUT2D eigenvalue weighted by Crippen LogP contribution is -2.30. The molecule has 0 aromatic heterocycles. The quantitative estimate of drug-likeness (QED) is 0.727. The van der Waals surface area contributed by atoms with Gasteiger partial charge in [-0.05, 0) is 43.2 Å². The number of nitrogens with zero attached hydrogens (tertiary/aromatic N) is 1. The Morgan fingerprint density at radius 1 is 1.00 bits per heavy atom. The van der Waals surface area contributed by atoms with E-state index in [2.05, 4.69) is 15.9 Å². The fourth-order valence-corrected chi connectivity index (χ4v) is 4.08. The van der Waals surface area contributed by atoms with Crippen LogP contribution in [0.3, 0.4) is 0 Å². The molecule has 0 aliphatic heterocycles. The minimum atomic E-state index is -3.51. The molecule has 0 amide bonds. The number of hydrogen-bond acceptors (Lipinski definition) is 2. The fraction of sp³-hybridized carbons (Fsp3) is 0.250. The molecule has 0 radical (unpaired) electrons. The van der Waals surface area contributed by atoms with E-state index < -0.39 is 10.0 Å². The van der Waals surface area contributed by atoms with Crippen LogP contribution in [0, 0.1) is 0 Å². The summed E-state index contributed by atoms with van der Waals surface area (Å²) in [7, 11) is -3.51. The highest BCUT2D eigenvalue weighted by Crippen LogP contribution is 2.23. The maximum atomic E-state index is 12.7. The molecule has 0 heterocycles. The summed E-state index contributed by atoms with van der Waals surface area (Å²) in [5.74, 6) is 0. The second-order valence-electron chi connectivity index (χ2n) is 4.59. The van der Waals surface area contributed by atoms with Crippen molar-refractivity contribution in [2.75, 3.05) is 16.2 Å². The molecule has 21 heavy (non-hydrogen) atoms. The van der Waals surface area contributed by atoms with Crippen molar-refractivity contribution < 1.29 is 8.42 Å². The Morgan fingerprint density at radius 2 is 1.62 bits per heavy atom. The summed E-state index contributed by atoms with van der Waals surface area (Å²) in [6.07, 6.45) is 0.885. The van der Waals surface area contributed by atoms with Crippen LogP contribution < -0.4 is 4.31 Å². The van der Waals surface area contributed by atoms with Crippen LogP contribution in [0.4, 0.5) is 5.69 Å². The van der Waals surface area contributed by atoms with E-state index in [-0.39, 0.29) is 0 Å². The first kappa shape index (κ1) is 16.0. The number of aryl methyl sites for hydroxylation is 1. The molecule has 2 aromatic carbocycles. The van der Waals surface area contributed by atoms with Gasteiger partial charge in [0.1, 0.15) is 0 Å². The Morgan fingerprint density at radius 3 is 2.14 bits per heavy atom. The van der Waals surface area contributed by atoms with Gasteiger partial charge in [-0.25, -0.2) is 8.42 Å². The molecular formula is C16H18BrNO2S. The molecule has 0 unspecified atom stereocenters. The molecule has 2 rings (SSSR count). The maximum Gasteiger partial charge on any atom is 0.264 e. The van der Waals surface area contributed by atoms with Gasteiger partial charge < -0.3 is 0 Å². The van der Waals surface area contributed by atoms with Crippen molar-refractivity contribution in [3.8, 4) is 0 Å². The molecule has 0 fully saturated rings. The van der Waals surface area contributed by atoms with E-state index >= 15 is 0 Å². The minimum absolute atomic E-state index is 0.325. The monoisotopic (exact) mass is 367 g/mol. The predicted molar refractivity (Wildman–Crippen MR) is 90.6 cm³/mol. The second kappa shape index (κ2) is 7.09. The standard InChI is InChI=1S/C16H18BrNO2S/c1-2-18(15-6-4-3-5-7-15)21(19,20)16-10-8-14(9-11-16)12-13-17/h3-11H,2,12-13H2,1H3. The normalized spacial score (nSPS) is 11.3. The maximum absolute atomic E-state index is 12.7. The van der Waals surface area contributed by atoms with Crippen molar-refractivity contribution >= 4 is 31.6 Å². The van der Waals surface area contributed by atoms with Gasteiger partial charge in [0.05, 0.1) is 10.6 Å². The number of benzene rings is 2. The second-order valence-corrected chi connectivity index (χ2v) is 7.24. The summed E-state index contributed by atoms with van der Waals surface area (Å²) in [6, 6.07) is 16.3. The van der Waals surface area contributed by atoms with Crippen LogP contribution in [-0.2, 0) is 16.4 Å². The highest BCUT2D eigenvalue weighted by molar-refractivity contribution is 9.09. The summed E-state index contributed by atoms with van der Waals surface area (Å²) in [6.45, 7) is 2.24. The molecule has 0 atom stereocenters. The Labute approximate surface area is 134 Å². The molecule has 2 aromatic rings. The number of halogens is 1. The van der Waals surface area contributed by atoms with Gasteiger partial charge >= 0.3 is 0 Å². The third-order valence-electron chi connectivity index (χ3n) is 3.23. The van der Waals surface area contributed by atoms with Crippen LogP contribution in [0.15, 0.2) is 59.5 Å². The van der Waals surface area contributed by atoms with Crippen molar-refractivity contribution in [3.63, 3.8) is 0 Å². The van der Waals surface area contributed by atoms with Gasteiger partial charge in [0.15, 0.2) is 0 Å². The Hall–Kier alpha value is -1.33. The van der Waals surface area contributed by atoms with Gasteiger partial charge in [-0.3, -0.25) is 4.31 Å². The Balaban J connectivity index is 2.35. The third-order valence-corrected chi connectivity index (χ3v) is 5.54. The first-order valence-corrected chi connectivity index (χ1v) is 9.38.